The molecule has 0 bridgehead atoms. The zero-order valence-electron chi connectivity index (χ0n) is 9.40. The molecule has 1 heterocycles. The Morgan fingerprint density at radius 1 is 1.20 bits per heavy atom. The van der Waals surface area contributed by atoms with E-state index in [1.54, 1.807) is 0 Å². The third-order valence-corrected chi connectivity index (χ3v) is 2.37. The molecule has 1 aliphatic rings. The van der Waals surface area contributed by atoms with Gasteiger partial charge in [0.25, 0.3) is 0 Å². The molecule has 82 valence electrons. The predicted octanol–water partition coefficient (Wildman–Crippen LogP) is 2.79. The molecular formula is C13H18O2. The van der Waals surface area contributed by atoms with Gasteiger partial charge in [-0.1, -0.05) is 44.2 Å². The number of ketones is 1. The van der Waals surface area contributed by atoms with Gasteiger partial charge in [0.05, 0.1) is 19.1 Å². The molecule has 1 unspecified atom stereocenters. The van der Waals surface area contributed by atoms with Crippen molar-refractivity contribution in [2.45, 2.75) is 26.2 Å². The fourth-order valence-corrected chi connectivity index (χ4v) is 1.61. The minimum absolute atomic E-state index is 0.0325. The number of Topliss-reactive ketones (excluding diaryl/α,β-unsaturated/α-hetero) is 1. The minimum atomic E-state index is -0.0325. The summed E-state index contributed by atoms with van der Waals surface area (Å²) in [6, 6.07) is 9.83. The molecule has 1 fully saturated rings. The van der Waals surface area contributed by atoms with Gasteiger partial charge < -0.3 is 4.74 Å². The van der Waals surface area contributed by atoms with E-state index in [0.29, 0.717) is 25.4 Å². The fraction of sp³-hybridized carbons (Fsp3) is 0.462. The van der Waals surface area contributed by atoms with E-state index in [4.69, 9.17) is 4.74 Å². The summed E-state index contributed by atoms with van der Waals surface area (Å²) in [5, 5.41) is 0. The third kappa shape index (κ3) is 3.17. The second kappa shape index (κ2) is 6.36. The Balaban J connectivity index is 0.000000531. The Morgan fingerprint density at radius 2 is 1.87 bits per heavy atom. The first-order chi connectivity index (χ1) is 7.38. The van der Waals surface area contributed by atoms with E-state index in [1.165, 1.54) is 0 Å². The maximum atomic E-state index is 11.5. The number of carbonyl (C=O) groups is 1. The molecule has 1 atom stereocenters. The van der Waals surface area contributed by atoms with Crippen LogP contribution in [0.4, 0.5) is 0 Å². The highest BCUT2D eigenvalue weighted by Gasteiger charge is 2.23. The Morgan fingerprint density at radius 3 is 2.47 bits per heavy atom. The van der Waals surface area contributed by atoms with E-state index in [0.717, 1.165) is 5.56 Å². The molecule has 0 aliphatic carbocycles. The van der Waals surface area contributed by atoms with E-state index in [-0.39, 0.29) is 5.92 Å². The number of ether oxygens (including phenoxy) is 1. The molecule has 15 heavy (non-hydrogen) atoms. The first kappa shape index (κ1) is 11.9. The maximum Gasteiger partial charge on any atom is 0.144 e. The van der Waals surface area contributed by atoms with E-state index >= 15 is 0 Å². The highest BCUT2D eigenvalue weighted by Crippen LogP contribution is 2.21. The van der Waals surface area contributed by atoms with Crippen molar-refractivity contribution in [3.8, 4) is 0 Å². The molecular weight excluding hydrogens is 188 g/mol. The summed E-state index contributed by atoms with van der Waals surface area (Å²) in [7, 11) is 0. The number of benzene rings is 1. The number of hydrogen-bond acceptors (Lipinski definition) is 2. The molecule has 0 aromatic heterocycles. The standard InChI is InChI=1S/C11H12O2.C2H6/c12-11-6-7-13-8-10(11)9-4-2-1-3-5-9;1-2/h1-5,10H,6-8H2;1-2H3. The van der Waals surface area contributed by atoms with E-state index in [2.05, 4.69) is 0 Å². The molecule has 2 rings (SSSR count). The van der Waals surface area contributed by atoms with Crippen LogP contribution in [0.15, 0.2) is 30.3 Å². The monoisotopic (exact) mass is 206 g/mol. The van der Waals surface area contributed by atoms with Crippen LogP contribution in [-0.2, 0) is 9.53 Å². The second-order valence-electron chi connectivity index (χ2n) is 3.25. The summed E-state index contributed by atoms with van der Waals surface area (Å²) in [6.07, 6.45) is 0.555. The van der Waals surface area contributed by atoms with Crippen molar-refractivity contribution in [3.05, 3.63) is 35.9 Å². The van der Waals surface area contributed by atoms with Gasteiger partial charge in [-0.3, -0.25) is 4.79 Å². The van der Waals surface area contributed by atoms with Gasteiger partial charge in [0.2, 0.25) is 0 Å². The average molecular weight is 206 g/mol. The molecule has 0 radical (unpaired) electrons. The van der Waals surface area contributed by atoms with Crippen LogP contribution in [0.5, 0.6) is 0 Å². The van der Waals surface area contributed by atoms with Crippen LogP contribution in [-0.4, -0.2) is 19.0 Å². The first-order valence-corrected chi connectivity index (χ1v) is 5.53. The molecule has 1 aromatic rings. The lowest BCUT2D eigenvalue weighted by Gasteiger charge is -2.20. The van der Waals surface area contributed by atoms with Crippen molar-refractivity contribution < 1.29 is 9.53 Å². The average Bonchev–Trinajstić information content (AvgIpc) is 2.33. The van der Waals surface area contributed by atoms with E-state index in [9.17, 15) is 4.79 Å². The fourth-order valence-electron chi connectivity index (χ4n) is 1.61. The number of carbonyl (C=O) groups excluding carboxylic acids is 1. The van der Waals surface area contributed by atoms with Gasteiger partial charge >= 0.3 is 0 Å². The molecule has 0 saturated carbocycles. The molecule has 2 nitrogen and oxygen atoms in total. The zero-order chi connectivity index (χ0) is 11.1. The largest absolute Gasteiger partial charge is 0.380 e. The SMILES string of the molecule is CC.O=C1CCOCC1c1ccccc1. The lowest BCUT2D eigenvalue weighted by atomic mass is 9.92. The molecule has 0 spiro atoms. The Bertz CT molecular complexity index is 293. The van der Waals surface area contributed by atoms with Crippen LogP contribution in [0, 0.1) is 0 Å². The lowest BCUT2D eigenvalue weighted by molar-refractivity contribution is -0.126. The molecule has 1 aromatic carbocycles. The van der Waals surface area contributed by atoms with Gasteiger partial charge in [-0.15, -0.1) is 0 Å². The van der Waals surface area contributed by atoms with Gasteiger partial charge in [0.15, 0.2) is 0 Å². The van der Waals surface area contributed by atoms with Crippen molar-refractivity contribution in [1.29, 1.82) is 0 Å². The van der Waals surface area contributed by atoms with Crippen LogP contribution in [0.25, 0.3) is 0 Å². The van der Waals surface area contributed by atoms with Crippen molar-refractivity contribution in [3.63, 3.8) is 0 Å². The number of rotatable bonds is 1. The predicted molar refractivity (Wildman–Crippen MR) is 61.0 cm³/mol. The summed E-state index contributed by atoms with van der Waals surface area (Å²) in [4.78, 5) is 11.5. The van der Waals surface area contributed by atoms with E-state index in [1.807, 2.05) is 44.2 Å². The Hall–Kier alpha value is -1.15. The Labute approximate surface area is 91.3 Å². The highest BCUT2D eigenvalue weighted by atomic mass is 16.5. The van der Waals surface area contributed by atoms with Crippen LogP contribution in [0.1, 0.15) is 31.7 Å². The normalized spacial score (nSPS) is 20.4. The zero-order valence-corrected chi connectivity index (χ0v) is 9.40. The summed E-state index contributed by atoms with van der Waals surface area (Å²) in [5.74, 6) is 0.271. The molecule has 0 amide bonds. The highest BCUT2D eigenvalue weighted by molar-refractivity contribution is 5.86. The van der Waals surface area contributed by atoms with Gasteiger partial charge in [-0.25, -0.2) is 0 Å². The molecule has 0 N–H and O–H groups in total. The first-order valence-electron chi connectivity index (χ1n) is 5.53. The van der Waals surface area contributed by atoms with Gasteiger partial charge in [0.1, 0.15) is 5.78 Å². The van der Waals surface area contributed by atoms with Crippen molar-refractivity contribution in [2.75, 3.05) is 13.2 Å². The van der Waals surface area contributed by atoms with Gasteiger partial charge in [-0.2, -0.15) is 0 Å². The maximum absolute atomic E-state index is 11.5. The summed E-state index contributed by atoms with van der Waals surface area (Å²) < 4.78 is 5.29. The summed E-state index contributed by atoms with van der Waals surface area (Å²) in [5.41, 5.74) is 1.08. The summed E-state index contributed by atoms with van der Waals surface area (Å²) in [6.45, 7) is 5.13. The molecule has 2 heteroatoms. The molecule has 1 aliphatic heterocycles. The number of hydrogen-bond donors (Lipinski definition) is 0. The van der Waals surface area contributed by atoms with Crippen LogP contribution >= 0.6 is 0 Å². The van der Waals surface area contributed by atoms with Crippen LogP contribution in [0.2, 0.25) is 0 Å². The van der Waals surface area contributed by atoms with E-state index < -0.39 is 0 Å². The van der Waals surface area contributed by atoms with Crippen molar-refractivity contribution >= 4 is 5.78 Å². The van der Waals surface area contributed by atoms with Gasteiger partial charge in [-0.05, 0) is 5.56 Å². The quantitative estimate of drug-likeness (QED) is 0.706. The van der Waals surface area contributed by atoms with Crippen molar-refractivity contribution in [2.24, 2.45) is 0 Å². The topological polar surface area (TPSA) is 26.3 Å². The molecule has 1 saturated heterocycles. The van der Waals surface area contributed by atoms with Crippen LogP contribution in [0.3, 0.4) is 0 Å². The third-order valence-electron chi connectivity index (χ3n) is 2.37. The Kier molecular flexibility index (Phi) is 5.05. The minimum Gasteiger partial charge on any atom is -0.380 e. The second-order valence-corrected chi connectivity index (χ2v) is 3.25. The lowest BCUT2D eigenvalue weighted by Crippen LogP contribution is -2.25. The van der Waals surface area contributed by atoms with Crippen molar-refractivity contribution in [1.82, 2.24) is 0 Å². The smallest absolute Gasteiger partial charge is 0.144 e. The summed E-state index contributed by atoms with van der Waals surface area (Å²) >= 11 is 0. The van der Waals surface area contributed by atoms with Gasteiger partial charge in [0, 0.05) is 6.42 Å². The van der Waals surface area contributed by atoms with Crippen LogP contribution < -0.4 is 0 Å².